The lowest BCUT2D eigenvalue weighted by atomic mass is 10.0. The average Bonchev–Trinajstić information content (AvgIpc) is 2.86. The van der Waals surface area contributed by atoms with E-state index in [0.717, 1.165) is 0 Å². The molecule has 0 unspecified atom stereocenters. The third-order valence-corrected chi connectivity index (χ3v) is 3.27. The van der Waals surface area contributed by atoms with Crippen molar-refractivity contribution < 1.29 is 14.3 Å². The number of allylic oxidation sites excluding steroid dienone is 2. The van der Waals surface area contributed by atoms with Gasteiger partial charge < -0.3 is 9.47 Å². The van der Waals surface area contributed by atoms with E-state index in [4.69, 9.17) is 9.47 Å². The van der Waals surface area contributed by atoms with Crippen LogP contribution in [0, 0.1) is 11.3 Å². The molecule has 21 heavy (non-hydrogen) atoms. The lowest BCUT2D eigenvalue weighted by Crippen LogP contribution is -2.03. The van der Waals surface area contributed by atoms with Crippen molar-refractivity contribution in [1.29, 1.82) is 5.26 Å². The van der Waals surface area contributed by atoms with E-state index in [1.165, 1.54) is 7.11 Å². The smallest absolute Gasteiger partial charge is 0.233 e. The number of fused-ring (bicyclic) bond motifs is 1. The second-order valence-corrected chi connectivity index (χ2v) is 4.44. The lowest BCUT2D eigenvalue weighted by Gasteiger charge is -2.08. The van der Waals surface area contributed by atoms with E-state index < -0.39 is 0 Å². The molecular weight excluding hydrogens is 266 g/mol. The number of ketones is 1. The number of nitrogens with zero attached hydrogens (tertiary/aromatic N) is 1. The number of ether oxygens (including phenoxy) is 2. The summed E-state index contributed by atoms with van der Waals surface area (Å²) in [6.45, 7) is 0. The number of benzene rings is 2. The van der Waals surface area contributed by atoms with Crippen molar-refractivity contribution in [3.63, 3.8) is 0 Å². The first kappa shape index (κ1) is 12.9. The second-order valence-electron chi connectivity index (χ2n) is 4.44. The van der Waals surface area contributed by atoms with E-state index in [-0.39, 0.29) is 17.1 Å². The van der Waals surface area contributed by atoms with Gasteiger partial charge in [-0.3, -0.25) is 4.79 Å². The zero-order valence-corrected chi connectivity index (χ0v) is 11.3. The molecule has 0 amide bonds. The third-order valence-electron chi connectivity index (χ3n) is 3.27. The summed E-state index contributed by atoms with van der Waals surface area (Å²) in [5, 5.41) is 9.46. The number of hydrogen-bond acceptors (Lipinski definition) is 4. The van der Waals surface area contributed by atoms with Crippen LogP contribution in [0.1, 0.15) is 15.9 Å². The number of para-hydroxylation sites is 2. The molecule has 2 aromatic rings. The highest BCUT2D eigenvalue weighted by Gasteiger charge is 2.31. The summed E-state index contributed by atoms with van der Waals surface area (Å²) in [7, 11) is 1.52. The minimum Gasteiger partial charge on any atom is -0.496 e. The fourth-order valence-corrected chi connectivity index (χ4v) is 2.27. The molecule has 3 rings (SSSR count). The Morgan fingerprint density at radius 3 is 2.57 bits per heavy atom. The Morgan fingerprint density at radius 1 is 1.14 bits per heavy atom. The number of carbonyl (C=O) groups excluding carboxylic acids is 1. The molecule has 4 heteroatoms. The molecule has 0 bridgehead atoms. The van der Waals surface area contributed by atoms with Crippen LogP contribution < -0.4 is 9.47 Å². The van der Waals surface area contributed by atoms with Gasteiger partial charge in [-0.15, -0.1) is 0 Å². The minimum atomic E-state index is -0.284. The number of methoxy groups -OCH3 is 1. The largest absolute Gasteiger partial charge is 0.496 e. The summed E-state index contributed by atoms with van der Waals surface area (Å²) >= 11 is 0. The van der Waals surface area contributed by atoms with Crippen LogP contribution in [0.4, 0.5) is 0 Å². The van der Waals surface area contributed by atoms with Gasteiger partial charge in [0.15, 0.2) is 5.76 Å². The van der Waals surface area contributed by atoms with Crippen molar-refractivity contribution in [2.24, 2.45) is 0 Å². The normalized spacial score (nSPS) is 15.0. The fourth-order valence-electron chi connectivity index (χ4n) is 2.27. The van der Waals surface area contributed by atoms with Crippen molar-refractivity contribution in [3.8, 4) is 17.6 Å². The lowest BCUT2D eigenvalue weighted by molar-refractivity contribution is 0.101. The van der Waals surface area contributed by atoms with E-state index in [2.05, 4.69) is 6.07 Å². The van der Waals surface area contributed by atoms with E-state index in [1.54, 1.807) is 48.5 Å². The van der Waals surface area contributed by atoms with Gasteiger partial charge in [-0.05, 0) is 24.3 Å². The predicted octanol–water partition coefficient (Wildman–Crippen LogP) is 3.21. The molecule has 0 N–H and O–H groups in total. The van der Waals surface area contributed by atoms with Crippen LogP contribution in [0.3, 0.4) is 0 Å². The molecule has 102 valence electrons. The van der Waals surface area contributed by atoms with E-state index in [0.29, 0.717) is 22.6 Å². The van der Waals surface area contributed by atoms with Crippen LogP contribution in [-0.2, 0) is 0 Å². The predicted molar refractivity (Wildman–Crippen MR) is 76.9 cm³/mol. The zero-order valence-electron chi connectivity index (χ0n) is 11.3. The number of rotatable bonds is 2. The summed E-state index contributed by atoms with van der Waals surface area (Å²) < 4.78 is 10.8. The van der Waals surface area contributed by atoms with E-state index in [1.807, 2.05) is 0 Å². The highest BCUT2D eigenvalue weighted by Crippen LogP contribution is 2.36. The average molecular weight is 277 g/mol. The van der Waals surface area contributed by atoms with Gasteiger partial charge >= 0.3 is 0 Å². The van der Waals surface area contributed by atoms with Crippen molar-refractivity contribution in [2.75, 3.05) is 7.11 Å². The zero-order chi connectivity index (χ0) is 14.8. The maximum Gasteiger partial charge on any atom is 0.233 e. The number of nitriles is 1. The standard InChI is InChI=1S/C17H11NO3/c1-20-14-8-4-2-6-11(14)13(10-18)17-16(19)12-7-3-5-9-15(12)21-17/h2-9H,1H3/b17-13-. The van der Waals surface area contributed by atoms with Gasteiger partial charge in [0.2, 0.25) is 5.78 Å². The maximum atomic E-state index is 12.4. The summed E-state index contributed by atoms with van der Waals surface area (Å²) in [5.74, 6) is 0.755. The first-order valence-corrected chi connectivity index (χ1v) is 6.35. The van der Waals surface area contributed by atoms with Crippen LogP contribution >= 0.6 is 0 Å². The maximum absolute atomic E-state index is 12.4. The van der Waals surface area contributed by atoms with Crippen molar-refractivity contribution in [2.45, 2.75) is 0 Å². The van der Waals surface area contributed by atoms with Gasteiger partial charge in [-0.2, -0.15) is 5.26 Å². The minimum absolute atomic E-state index is 0.0446. The Balaban J connectivity index is 2.18. The van der Waals surface area contributed by atoms with Crippen molar-refractivity contribution >= 4 is 11.4 Å². The Bertz CT molecular complexity index is 800. The molecule has 0 aromatic heterocycles. The molecule has 0 atom stereocenters. The molecule has 1 heterocycles. The van der Waals surface area contributed by atoms with Gasteiger partial charge in [0, 0.05) is 5.56 Å². The van der Waals surface area contributed by atoms with Gasteiger partial charge in [0.05, 0.1) is 12.7 Å². The van der Waals surface area contributed by atoms with Crippen LogP contribution in [0.2, 0.25) is 0 Å². The molecule has 0 spiro atoms. The number of carbonyl (C=O) groups is 1. The molecule has 1 aliphatic heterocycles. The van der Waals surface area contributed by atoms with Crippen molar-refractivity contribution in [1.82, 2.24) is 0 Å². The molecule has 0 aliphatic carbocycles. The molecule has 1 aliphatic rings. The topological polar surface area (TPSA) is 59.3 Å². The molecule has 0 saturated heterocycles. The molecule has 2 aromatic carbocycles. The van der Waals surface area contributed by atoms with Crippen LogP contribution in [0.25, 0.3) is 5.57 Å². The molecule has 0 saturated carbocycles. The second kappa shape index (κ2) is 5.14. The van der Waals surface area contributed by atoms with Crippen LogP contribution in [0.5, 0.6) is 11.5 Å². The first-order chi connectivity index (χ1) is 10.3. The van der Waals surface area contributed by atoms with Crippen molar-refractivity contribution in [3.05, 3.63) is 65.4 Å². The van der Waals surface area contributed by atoms with Gasteiger partial charge in [-0.25, -0.2) is 0 Å². The van der Waals surface area contributed by atoms with Crippen LogP contribution in [0.15, 0.2) is 54.3 Å². The summed E-state index contributed by atoms with van der Waals surface area (Å²) in [6.07, 6.45) is 0. The highest BCUT2D eigenvalue weighted by atomic mass is 16.5. The third kappa shape index (κ3) is 2.05. The van der Waals surface area contributed by atoms with Gasteiger partial charge in [-0.1, -0.05) is 24.3 Å². The summed E-state index contributed by atoms with van der Waals surface area (Å²) in [5.41, 5.74) is 1.18. The molecular formula is C17H11NO3. The van der Waals surface area contributed by atoms with E-state index >= 15 is 0 Å². The highest BCUT2D eigenvalue weighted by molar-refractivity contribution is 6.17. The Labute approximate surface area is 121 Å². The monoisotopic (exact) mass is 277 g/mol. The molecule has 0 fully saturated rings. The molecule has 4 nitrogen and oxygen atoms in total. The fraction of sp³-hybridized carbons (Fsp3) is 0.0588. The Morgan fingerprint density at radius 2 is 1.86 bits per heavy atom. The summed E-state index contributed by atoms with van der Waals surface area (Å²) in [4.78, 5) is 12.4. The van der Waals surface area contributed by atoms with Gasteiger partial charge in [0.1, 0.15) is 23.1 Å². The Hall–Kier alpha value is -3.06. The first-order valence-electron chi connectivity index (χ1n) is 6.35. The number of Topliss-reactive ketones (excluding diaryl/α,β-unsaturated/α-hetero) is 1. The molecule has 0 radical (unpaired) electrons. The SMILES string of the molecule is COc1ccccc1/C(C#N)=C1\Oc2ccccc2C1=O. The summed E-state index contributed by atoms with van der Waals surface area (Å²) in [6, 6.07) is 16.0. The quantitative estimate of drug-likeness (QED) is 0.624. The Kier molecular flexibility index (Phi) is 3.17. The van der Waals surface area contributed by atoms with E-state index in [9.17, 15) is 10.1 Å². The number of hydrogen-bond donors (Lipinski definition) is 0. The van der Waals surface area contributed by atoms with Crippen LogP contribution in [-0.4, -0.2) is 12.9 Å². The van der Waals surface area contributed by atoms with Gasteiger partial charge in [0.25, 0.3) is 0 Å².